The molecule has 0 atom stereocenters. The fraction of sp³-hybridized carbons (Fsp3) is 0.500. The number of benzene rings is 1. The molecule has 0 spiro atoms. The van der Waals surface area contributed by atoms with Gasteiger partial charge in [-0.2, -0.15) is 0 Å². The summed E-state index contributed by atoms with van der Waals surface area (Å²) in [5.74, 6) is 1.01. The van der Waals surface area contributed by atoms with Crippen LogP contribution in [0.1, 0.15) is 44.2 Å². The van der Waals surface area contributed by atoms with Crippen LogP contribution in [-0.2, 0) is 6.54 Å². The minimum Gasteiger partial charge on any atom is -0.311 e. The Kier molecular flexibility index (Phi) is 4.65. The third kappa shape index (κ3) is 3.57. The van der Waals surface area contributed by atoms with E-state index in [1.54, 1.807) is 0 Å². The number of aromatic nitrogens is 1. The molecular weight excluding hydrogens is 244 g/mol. The van der Waals surface area contributed by atoms with Crippen molar-refractivity contribution in [2.75, 3.05) is 6.54 Å². The molecule has 0 saturated heterocycles. The van der Waals surface area contributed by atoms with Crippen molar-refractivity contribution in [2.45, 2.75) is 45.1 Å². The largest absolute Gasteiger partial charge is 0.311 e. The van der Waals surface area contributed by atoms with Crippen molar-refractivity contribution in [2.24, 2.45) is 5.92 Å². The molecule has 0 radical (unpaired) electrons. The van der Waals surface area contributed by atoms with Crippen LogP contribution in [0.2, 0.25) is 0 Å². The summed E-state index contributed by atoms with van der Waals surface area (Å²) in [6.07, 6.45) is 8.55. The minimum atomic E-state index is 0.884. The van der Waals surface area contributed by atoms with Gasteiger partial charge in [0.1, 0.15) is 0 Å². The van der Waals surface area contributed by atoms with Crippen molar-refractivity contribution in [1.29, 1.82) is 0 Å². The maximum Gasteiger partial charge on any atom is 0.0705 e. The molecule has 1 fully saturated rings. The SMILES string of the molecule is c1ccc2nc(CNCCCC3CCCC3)ccc2c1. The zero-order valence-electron chi connectivity index (χ0n) is 12.1. The van der Waals surface area contributed by atoms with Crippen LogP contribution in [0.25, 0.3) is 10.9 Å². The molecule has 0 aliphatic heterocycles. The fourth-order valence-corrected chi connectivity index (χ4v) is 3.24. The summed E-state index contributed by atoms with van der Waals surface area (Å²) in [5.41, 5.74) is 2.24. The first kappa shape index (κ1) is 13.6. The molecule has 2 nitrogen and oxygen atoms in total. The molecule has 1 aromatic carbocycles. The highest BCUT2D eigenvalue weighted by atomic mass is 14.9. The fourth-order valence-electron chi connectivity index (χ4n) is 3.24. The second-order valence-corrected chi connectivity index (χ2v) is 5.96. The average Bonchev–Trinajstić information content (AvgIpc) is 3.00. The molecule has 106 valence electrons. The van der Waals surface area contributed by atoms with Crippen molar-refractivity contribution in [3.05, 3.63) is 42.1 Å². The molecule has 20 heavy (non-hydrogen) atoms. The maximum atomic E-state index is 4.69. The Morgan fingerprint density at radius 3 is 2.80 bits per heavy atom. The Labute approximate surface area is 121 Å². The summed E-state index contributed by atoms with van der Waals surface area (Å²) in [6.45, 7) is 2.00. The van der Waals surface area contributed by atoms with E-state index >= 15 is 0 Å². The van der Waals surface area contributed by atoms with Gasteiger partial charge >= 0.3 is 0 Å². The molecule has 1 aliphatic carbocycles. The van der Waals surface area contributed by atoms with Gasteiger partial charge in [0.15, 0.2) is 0 Å². The van der Waals surface area contributed by atoms with Gasteiger partial charge in [0.2, 0.25) is 0 Å². The van der Waals surface area contributed by atoms with Crippen molar-refractivity contribution in [1.82, 2.24) is 10.3 Å². The van der Waals surface area contributed by atoms with Crippen LogP contribution in [0.3, 0.4) is 0 Å². The Morgan fingerprint density at radius 2 is 1.90 bits per heavy atom. The molecule has 1 aliphatic rings. The normalized spacial score (nSPS) is 16.0. The van der Waals surface area contributed by atoms with E-state index in [9.17, 15) is 0 Å². The van der Waals surface area contributed by atoms with Gasteiger partial charge in [-0.3, -0.25) is 4.98 Å². The third-order valence-electron chi connectivity index (χ3n) is 4.40. The Bertz CT molecular complexity index is 544. The van der Waals surface area contributed by atoms with Crippen LogP contribution in [-0.4, -0.2) is 11.5 Å². The van der Waals surface area contributed by atoms with Gasteiger partial charge in [-0.15, -0.1) is 0 Å². The molecule has 2 heteroatoms. The molecule has 0 unspecified atom stereocenters. The number of para-hydroxylation sites is 1. The third-order valence-corrected chi connectivity index (χ3v) is 4.40. The van der Waals surface area contributed by atoms with E-state index < -0.39 is 0 Å². The van der Waals surface area contributed by atoms with E-state index in [4.69, 9.17) is 0 Å². The highest BCUT2D eigenvalue weighted by Crippen LogP contribution is 2.28. The van der Waals surface area contributed by atoms with Crippen LogP contribution in [0.4, 0.5) is 0 Å². The highest BCUT2D eigenvalue weighted by molar-refractivity contribution is 5.78. The van der Waals surface area contributed by atoms with E-state index in [0.717, 1.165) is 30.2 Å². The number of pyridine rings is 1. The lowest BCUT2D eigenvalue weighted by molar-refractivity contribution is 0.470. The van der Waals surface area contributed by atoms with Crippen LogP contribution < -0.4 is 5.32 Å². The minimum absolute atomic E-state index is 0.884. The Hall–Kier alpha value is -1.41. The van der Waals surface area contributed by atoms with Crippen molar-refractivity contribution in [3.8, 4) is 0 Å². The van der Waals surface area contributed by atoms with E-state index in [-0.39, 0.29) is 0 Å². The number of hydrogen-bond acceptors (Lipinski definition) is 2. The second kappa shape index (κ2) is 6.85. The number of nitrogens with zero attached hydrogens (tertiary/aromatic N) is 1. The standard InChI is InChI=1S/C18H24N2/c1-2-7-15(6-1)8-5-13-19-14-17-12-11-16-9-3-4-10-18(16)20-17/h3-4,9-12,15,19H,1-2,5-8,13-14H2. The second-order valence-electron chi connectivity index (χ2n) is 5.96. The Balaban J connectivity index is 1.42. The van der Waals surface area contributed by atoms with Gasteiger partial charge in [0.25, 0.3) is 0 Å². The summed E-state index contributed by atoms with van der Waals surface area (Å²) in [4.78, 5) is 4.69. The summed E-state index contributed by atoms with van der Waals surface area (Å²) in [6, 6.07) is 12.6. The smallest absolute Gasteiger partial charge is 0.0705 e. The van der Waals surface area contributed by atoms with Crippen LogP contribution in [0, 0.1) is 5.92 Å². The monoisotopic (exact) mass is 268 g/mol. The van der Waals surface area contributed by atoms with Gasteiger partial charge in [0.05, 0.1) is 11.2 Å². The number of fused-ring (bicyclic) bond motifs is 1. The van der Waals surface area contributed by atoms with Gasteiger partial charge in [-0.05, 0) is 37.4 Å². The number of hydrogen-bond donors (Lipinski definition) is 1. The average molecular weight is 268 g/mol. The molecule has 2 aromatic rings. The predicted molar refractivity (Wildman–Crippen MR) is 84.6 cm³/mol. The Morgan fingerprint density at radius 1 is 1.05 bits per heavy atom. The van der Waals surface area contributed by atoms with Crippen molar-refractivity contribution < 1.29 is 0 Å². The molecule has 1 N–H and O–H groups in total. The molecule has 1 saturated carbocycles. The lowest BCUT2D eigenvalue weighted by atomic mass is 10.0. The van der Waals surface area contributed by atoms with Crippen LogP contribution >= 0.6 is 0 Å². The van der Waals surface area contributed by atoms with Gasteiger partial charge in [0, 0.05) is 11.9 Å². The first-order valence-electron chi connectivity index (χ1n) is 7.97. The molecule has 1 heterocycles. The van der Waals surface area contributed by atoms with Gasteiger partial charge in [-0.25, -0.2) is 0 Å². The van der Waals surface area contributed by atoms with Crippen molar-refractivity contribution in [3.63, 3.8) is 0 Å². The van der Waals surface area contributed by atoms with E-state index in [0.29, 0.717) is 0 Å². The topological polar surface area (TPSA) is 24.9 Å². The molecule has 1 aromatic heterocycles. The summed E-state index contributed by atoms with van der Waals surface area (Å²) in [5, 5.41) is 4.75. The number of rotatable bonds is 6. The van der Waals surface area contributed by atoms with Crippen LogP contribution in [0.5, 0.6) is 0 Å². The summed E-state index contributed by atoms with van der Waals surface area (Å²) in [7, 11) is 0. The zero-order chi connectivity index (χ0) is 13.6. The zero-order valence-corrected chi connectivity index (χ0v) is 12.1. The molecule has 0 bridgehead atoms. The maximum absolute atomic E-state index is 4.69. The van der Waals surface area contributed by atoms with Gasteiger partial charge < -0.3 is 5.32 Å². The van der Waals surface area contributed by atoms with Gasteiger partial charge in [-0.1, -0.05) is 49.9 Å². The molecular formula is C18H24N2. The molecule has 0 amide bonds. The van der Waals surface area contributed by atoms with E-state index in [1.165, 1.54) is 43.9 Å². The van der Waals surface area contributed by atoms with Crippen LogP contribution in [0.15, 0.2) is 36.4 Å². The first-order chi connectivity index (χ1) is 9.92. The number of nitrogens with one attached hydrogen (secondary N) is 1. The highest BCUT2D eigenvalue weighted by Gasteiger charge is 2.13. The first-order valence-corrected chi connectivity index (χ1v) is 7.97. The quantitative estimate of drug-likeness (QED) is 0.790. The summed E-state index contributed by atoms with van der Waals surface area (Å²) >= 11 is 0. The lowest BCUT2D eigenvalue weighted by Gasteiger charge is -2.09. The van der Waals surface area contributed by atoms with E-state index in [2.05, 4.69) is 40.6 Å². The van der Waals surface area contributed by atoms with E-state index in [1.807, 2.05) is 6.07 Å². The van der Waals surface area contributed by atoms with Crippen molar-refractivity contribution >= 4 is 10.9 Å². The molecule has 3 rings (SSSR count). The summed E-state index contributed by atoms with van der Waals surface area (Å²) < 4.78 is 0. The lowest BCUT2D eigenvalue weighted by Crippen LogP contribution is -2.16. The predicted octanol–water partition coefficient (Wildman–Crippen LogP) is 4.29.